The van der Waals surface area contributed by atoms with Gasteiger partial charge >= 0.3 is 6.18 Å². The topological polar surface area (TPSA) is 22.1 Å². The van der Waals surface area contributed by atoms with Gasteiger partial charge in [-0.05, 0) is 36.8 Å². The smallest absolute Gasteiger partial charge is 0.372 e. The van der Waals surface area contributed by atoms with Crippen molar-refractivity contribution >= 4 is 21.6 Å². The van der Waals surface area contributed by atoms with E-state index in [2.05, 4.69) is 4.98 Å². The van der Waals surface area contributed by atoms with Crippen LogP contribution in [0.3, 0.4) is 0 Å². The molecule has 0 atom stereocenters. The molecule has 126 valence electrons. The van der Waals surface area contributed by atoms with Crippen molar-refractivity contribution in [1.29, 1.82) is 0 Å². The summed E-state index contributed by atoms with van der Waals surface area (Å²) >= 11 is 1.22. The lowest BCUT2D eigenvalue weighted by Gasteiger charge is -2.10. The van der Waals surface area contributed by atoms with Gasteiger partial charge in [-0.1, -0.05) is 12.1 Å². The lowest BCUT2D eigenvalue weighted by molar-refractivity contribution is -0.137. The maximum atomic E-state index is 13.0. The Balaban J connectivity index is 1.83. The Morgan fingerprint density at radius 3 is 2.46 bits per heavy atom. The molecule has 0 amide bonds. The number of ether oxygens (including phenoxy) is 1. The number of hydrogen-bond acceptors (Lipinski definition) is 3. The summed E-state index contributed by atoms with van der Waals surface area (Å²) in [4.78, 5) is 4.30. The Labute approximate surface area is 139 Å². The molecule has 0 aliphatic carbocycles. The van der Waals surface area contributed by atoms with Gasteiger partial charge in [0.05, 0.1) is 34.0 Å². The number of hydrogen-bond donors (Lipinski definition) is 0. The van der Waals surface area contributed by atoms with Crippen LogP contribution in [0.1, 0.15) is 21.7 Å². The molecule has 0 aliphatic heterocycles. The number of fused-ring (bicyclic) bond motifs is 1. The molecule has 1 aromatic heterocycles. The van der Waals surface area contributed by atoms with Gasteiger partial charge in [0.25, 0.3) is 0 Å². The first kappa shape index (κ1) is 16.9. The van der Waals surface area contributed by atoms with Gasteiger partial charge in [-0.3, -0.25) is 0 Å². The predicted octanol–water partition coefficient (Wildman–Crippen LogP) is 5.48. The number of rotatable bonds is 4. The van der Waals surface area contributed by atoms with E-state index in [1.807, 2.05) is 0 Å². The van der Waals surface area contributed by atoms with Crippen molar-refractivity contribution in [3.63, 3.8) is 0 Å². The molecular formula is C17H13F4NOS. The Morgan fingerprint density at radius 2 is 1.79 bits per heavy atom. The molecule has 3 aromatic rings. The minimum absolute atomic E-state index is 0.000962. The molecule has 0 saturated carbocycles. The summed E-state index contributed by atoms with van der Waals surface area (Å²) in [6, 6.07) is 7.96. The van der Waals surface area contributed by atoms with Crippen molar-refractivity contribution in [3.8, 4) is 0 Å². The predicted molar refractivity (Wildman–Crippen MR) is 84.3 cm³/mol. The van der Waals surface area contributed by atoms with E-state index in [9.17, 15) is 17.6 Å². The Bertz CT molecular complexity index is 855. The van der Waals surface area contributed by atoms with Crippen molar-refractivity contribution in [3.05, 3.63) is 63.9 Å². The fourth-order valence-corrected chi connectivity index (χ4v) is 3.26. The number of aromatic nitrogens is 1. The lowest BCUT2D eigenvalue weighted by Crippen LogP contribution is -2.06. The average molecular weight is 355 g/mol. The minimum atomic E-state index is -4.42. The zero-order valence-corrected chi connectivity index (χ0v) is 13.5. The highest BCUT2D eigenvalue weighted by atomic mass is 32.1. The van der Waals surface area contributed by atoms with Crippen molar-refractivity contribution < 1.29 is 22.3 Å². The van der Waals surface area contributed by atoms with Crippen molar-refractivity contribution in [2.24, 2.45) is 0 Å². The Morgan fingerprint density at radius 1 is 1.08 bits per heavy atom. The highest BCUT2D eigenvalue weighted by Gasteiger charge is 2.31. The van der Waals surface area contributed by atoms with Gasteiger partial charge in [0.2, 0.25) is 0 Å². The molecule has 7 heteroatoms. The third kappa shape index (κ3) is 3.73. The molecule has 2 aromatic carbocycles. The van der Waals surface area contributed by atoms with Crippen molar-refractivity contribution in [2.75, 3.05) is 0 Å². The number of alkyl halides is 3. The number of halogens is 4. The Hall–Kier alpha value is -1.99. The summed E-state index contributed by atoms with van der Waals surface area (Å²) < 4.78 is 58.0. The number of thiazole rings is 1. The van der Waals surface area contributed by atoms with Crippen LogP contribution in [0, 0.1) is 12.7 Å². The van der Waals surface area contributed by atoms with Gasteiger partial charge < -0.3 is 4.74 Å². The zero-order chi connectivity index (χ0) is 17.3. The van der Waals surface area contributed by atoms with Crippen LogP contribution < -0.4 is 0 Å². The molecule has 0 fully saturated rings. The van der Waals surface area contributed by atoms with E-state index in [4.69, 9.17) is 4.74 Å². The van der Waals surface area contributed by atoms with Crippen LogP contribution in [0.15, 0.2) is 36.4 Å². The second kappa shape index (κ2) is 6.49. The largest absolute Gasteiger partial charge is 0.416 e. The summed E-state index contributed by atoms with van der Waals surface area (Å²) in [7, 11) is 0. The van der Waals surface area contributed by atoms with Crippen LogP contribution in [0.25, 0.3) is 10.2 Å². The van der Waals surface area contributed by atoms with Gasteiger partial charge in [0.15, 0.2) is 0 Å². The molecule has 0 aliphatic rings. The maximum Gasteiger partial charge on any atom is 0.416 e. The molecule has 0 unspecified atom stereocenters. The third-order valence-corrected chi connectivity index (χ3v) is 4.37. The highest BCUT2D eigenvalue weighted by molar-refractivity contribution is 7.18. The Kier molecular flexibility index (Phi) is 4.56. The highest BCUT2D eigenvalue weighted by Crippen LogP contribution is 2.35. The quantitative estimate of drug-likeness (QED) is 0.578. The van der Waals surface area contributed by atoms with Gasteiger partial charge in [-0.25, -0.2) is 9.37 Å². The molecular weight excluding hydrogens is 342 g/mol. The second-order valence-corrected chi connectivity index (χ2v) is 6.57. The lowest BCUT2D eigenvalue weighted by atomic mass is 10.1. The molecule has 2 nitrogen and oxygen atoms in total. The maximum absolute atomic E-state index is 13.0. The van der Waals surface area contributed by atoms with Crippen LogP contribution >= 0.6 is 11.3 Å². The second-order valence-electron chi connectivity index (χ2n) is 5.33. The minimum Gasteiger partial charge on any atom is -0.372 e. The van der Waals surface area contributed by atoms with E-state index in [1.54, 1.807) is 19.1 Å². The summed E-state index contributed by atoms with van der Waals surface area (Å²) in [6.07, 6.45) is -4.42. The third-order valence-electron chi connectivity index (χ3n) is 3.45. The van der Waals surface area contributed by atoms with Crippen LogP contribution in [0.2, 0.25) is 0 Å². The number of benzene rings is 2. The molecule has 3 rings (SSSR count). The van der Waals surface area contributed by atoms with E-state index in [-0.39, 0.29) is 19.0 Å². The normalized spacial score (nSPS) is 12.0. The summed E-state index contributed by atoms with van der Waals surface area (Å²) in [5.74, 6) is -0.351. The monoisotopic (exact) mass is 355 g/mol. The fraction of sp³-hybridized carbons (Fsp3) is 0.235. The SMILES string of the molecule is Cc1nc2c(COCc3ccc(F)cc3)cc(C(F)(F)F)cc2s1. The van der Waals surface area contributed by atoms with Gasteiger partial charge in [0.1, 0.15) is 5.82 Å². The summed E-state index contributed by atoms with van der Waals surface area (Å²) in [5, 5.41) is 0.698. The first-order valence-electron chi connectivity index (χ1n) is 7.12. The van der Waals surface area contributed by atoms with Crippen LogP contribution in [0.5, 0.6) is 0 Å². The molecule has 0 N–H and O–H groups in total. The van der Waals surface area contributed by atoms with Crippen LogP contribution in [-0.4, -0.2) is 4.98 Å². The van der Waals surface area contributed by atoms with E-state index in [0.717, 1.165) is 17.7 Å². The van der Waals surface area contributed by atoms with Crippen LogP contribution in [0.4, 0.5) is 17.6 Å². The number of nitrogens with zero attached hydrogens (tertiary/aromatic N) is 1. The molecule has 1 heterocycles. The molecule has 0 radical (unpaired) electrons. The molecule has 0 bridgehead atoms. The van der Waals surface area contributed by atoms with E-state index in [1.165, 1.54) is 23.5 Å². The zero-order valence-electron chi connectivity index (χ0n) is 12.7. The van der Waals surface area contributed by atoms with E-state index in [0.29, 0.717) is 20.8 Å². The van der Waals surface area contributed by atoms with Gasteiger partial charge in [-0.2, -0.15) is 13.2 Å². The molecule has 0 spiro atoms. The molecule has 24 heavy (non-hydrogen) atoms. The first-order chi connectivity index (χ1) is 11.3. The number of aryl methyl sites for hydroxylation is 1. The fourth-order valence-electron chi connectivity index (χ4n) is 2.34. The average Bonchev–Trinajstić information content (AvgIpc) is 2.88. The molecule has 0 saturated heterocycles. The first-order valence-corrected chi connectivity index (χ1v) is 7.94. The van der Waals surface area contributed by atoms with Crippen molar-refractivity contribution in [2.45, 2.75) is 26.3 Å². The van der Waals surface area contributed by atoms with Gasteiger partial charge in [-0.15, -0.1) is 11.3 Å². The van der Waals surface area contributed by atoms with Gasteiger partial charge in [0, 0.05) is 5.56 Å². The van der Waals surface area contributed by atoms with E-state index < -0.39 is 11.7 Å². The van der Waals surface area contributed by atoms with Crippen LogP contribution in [-0.2, 0) is 24.1 Å². The van der Waals surface area contributed by atoms with Crippen molar-refractivity contribution in [1.82, 2.24) is 4.98 Å². The summed E-state index contributed by atoms with van der Waals surface area (Å²) in [6.45, 7) is 1.93. The van der Waals surface area contributed by atoms with E-state index >= 15 is 0 Å². The standard InChI is InChI=1S/C17H13F4NOS/c1-10-22-16-12(6-13(17(19,20)21)7-15(16)24-10)9-23-8-11-2-4-14(18)5-3-11/h2-7H,8-9H2,1H3. The summed E-state index contributed by atoms with van der Waals surface area (Å²) in [5.41, 5.74) is 0.962.